The molecule has 0 saturated carbocycles. The van der Waals surface area contributed by atoms with Crippen molar-refractivity contribution in [3.8, 4) is 0 Å². The lowest BCUT2D eigenvalue weighted by Crippen LogP contribution is -2.31. The number of aromatic amines is 1. The first-order valence-corrected chi connectivity index (χ1v) is 5.44. The maximum absolute atomic E-state index is 11.9. The molecular weight excluding hydrogens is 206 g/mol. The molecule has 0 aliphatic heterocycles. The molecule has 1 aromatic rings. The van der Waals surface area contributed by atoms with E-state index in [4.69, 9.17) is 5.73 Å². The summed E-state index contributed by atoms with van der Waals surface area (Å²) in [6, 6.07) is 0. The van der Waals surface area contributed by atoms with Gasteiger partial charge in [0.05, 0.1) is 6.54 Å². The molecule has 6 nitrogen and oxygen atoms in total. The summed E-state index contributed by atoms with van der Waals surface area (Å²) in [7, 11) is 1.77. The van der Waals surface area contributed by atoms with Gasteiger partial charge in [0.15, 0.2) is 0 Å². The first-order chi connectivity index (χ1) is 7.65. The first-order valence-electron chi connectivity index (χ1n) is 5.44. The number of nitrogens with one attached hydrogen (secondary N) is 1. The van der Waals surface area contributed by atoms with Crippen molar-refractivity contribution in [3.63, 3.8) is 0 Å². The molecule has 1 aromatic heterocycles. The minimum absolute atomic E-state index is 0.0106. The zero-order valence-electron chi connectivity index (χ0n) is 9.81. The third-order valence-electron chi connectivity index (χ3n) is 2.49. The maximum atomic E-state index is 11.9. The van der Waals surface area contributed by atoms with E-state index in [1.54, 1.807) is 11.9 Å². The highest BCUT2D eigenvalue weighted by molar-refractivity contribution is 5.78. The van der Waals surface area contributed by atoms with Crippen LogP contribution in [-0.2, 0) is 11.3 Å². The molecule has 90 valence electrons. The van der Waals surface area contributed by atoms with E-state index in [2.05, 4.69) is 15.2 Å². The van der Waals surface area contributed by atoms with Gasteiger partial charge in [-0.15, -0.1) is 0 Å². The number of carbonyl (C=O) groups excluding carboxylic acids is 1. The van der Waals surface area contributed by atoms with Crippen LogP contribution in [0, 0.1) is 5.92 Å². The molecule has 6 heteroatoms. The predicted octanol–water partition coefficient (Wildman–Crippen LogP) is 0.138. The molecular formula is C10H19N5O. The molecule has 0 aromatic carbocycles. The van der Waals surface area contributed by atoms with Crippen LogP contribution < -0.4 is 5.73 Å². The Morgan fingerprint density at radius 2 is 2.44 bits per heavy atom. The molecule has 0 aliphatic carbocycles. The summed E-state index contributed by atoms with van der Waals surface area (Å²) in [6.07, 6.45) is 3.14. The van der Waals surface area contributed by atoms with E-state index >= 15 is 0 Å². The molecule has 0 radical (unpaired) electrons. The molecule has 1 amide bonds. The lowest BCUT2D eigenvalue weighted by atomic mass is 10.0. The summed E-state index contributed by atoms with van der Waals surface area (Å²) in [5.74, 6) is 0.822. The second kappa shape index (κ2) is 6.22. The van der Waals surface area contributed by atoms with Crippen molar-refractivity contribution in [1.29, 1.82) is 0 Å². The van der Waals surface area contributed by atoms with Gasteiger partial charge in [-0.2, -0.15) is 5.10 Å². The smallest absolute Gasteiger partial charge is 0.225 e. The largest absolute Gasteiger partial charge is 0.338 e. The number of H-pyrrole nitrogens is 1. The van der Waals surface area contributed by atoms with Crippen LogP contribution in [0.25, 0.3) is 0 Å². The van der Waals surface area contributed by atoms with Gasteiger partial charge in [0.1, 0.15) is 12.2 Å². The van der Waals surface area contributed by atoms with Gasteiger partial charge in [-0.1, -0.05) is 6.92 Å². The van der Waals surface area contributed by atoms with Crippen LogP contribution >= 0.6 is 0 Å². The van der Waals surface area contributed by atoms with Crippen LogP contribution in [-0.4, -0.2) is 39.6 Å². The third kappa shape index (κ3) is 3.62. The quantitative estimate of drug-likeness (QED) is 0.720. The maximum Gasteiger partial charge on any atom is 0.225 e. The summed E-state index contributed by atoms with van der Waals surface area (Å²) in [6.45, 7) is 3.02. The molecule has 0 aliphatic rings. The third-order valence-corrected chi connectivity index (χ3v) is 2.49. The second-order valence-electron chi connectivity index (χ2n) is 3.96. The van der Waals surface area contributed by atoms with Gasteiger partial charge in [0, 0.05) is 13.0 Å². The van der Waals surface area contributed by atoms with Gasteiger partial charge >= 0.3 is 0 Å². The van der Waals surface area contributed by atoms with Crippen LogP contribution in [0.15, 0.2) is 6.33 Å². The molecule has 0 fully saturated rings. The van der Waals surface area contributed by atoms with Gasteiger partial charge in [-0.25, -0.2) is 4.98 Å². The van der Waals surface area contributed by atoms with Crippen molar-refractivity contribution < 1.29 is 4.79 Å². The van der Waals surface area contributed by atoms with Gasteiger partial charge in [0.2, 0.25) is 5.91 Å². The molecule has 1 unspecified atom stereocenters. The molecule has 1 rings (SSSR count). The number of carbonyl (C=O) groups is 1. The summed E-state index contributed by atoms with van der Waals surface area (Å²) in [5, 5.41) is 6.47. The molecule has 1 heterocycles. The van der Waals surface area contributed by atoms with Crippen molar-refractivity contribution >= 4 is 5.91 Å². The summed E-state index contributed by atoms with van der Waals surface area (Å²) in [5.41, 5.74) is 5.41. The average molecular weight is 225 g/mol. The van der Waals surface area contributed by atoms with E-state index in [1.807, 2.05) is 6.92 Å². The highest BCUT2D eigenvalue weighted by atomic mass is 16.2. The summed E-state index contributed by atoms with van der Waals surface area (Å²) in [4.78, 5) is 17.5. The summed E-state index contributed by atoms with van der Waals surface area (Å²) < 4.78 is 0. The Hall–Kier alpha value is -1.43. The molecule has 0 spiro atoms. The van der Waals surface area contributed by atoms with Gasteiger partial charge < -0.3 is 10.6 Å². The van der Waals surface area contributed by atoms with Crippen LogP contribution in [0.3, 0.4) is 0 Å². The number of aromatic nitrogens is 3. The standard InChI is InChI=1S/C10H19N5O/c1-8(4-3-5-11)10(16)15(2)6-9-12-7-13-14-9/h7-8H,3-6,11H2,1-2H3,(H,12,13,14). The lowest BCUT2D eigenvalue weighted by molar-refractivity contribution is -0.134. The SMILES string of the molecule is CC(CCCN)C(=O)N(C)Cc1ncn[nH]1. The Labute approximate surface area is 95.2 Å². The first kappa shape index (κ1) is 12.6. The lowest BCUT2D eigenvalue weighted by Gasteiger charge is -2.20. The van der Waals surface area contributed by atoms with E-state index in [-0.39, 0.29) is 11.8 Å². The van der Waals surface area contributed by atoms with Crippen molar-refractivity contribution in [1.82, 2.24) is 20.1 Å². The van der Waals surface area contributed by atoms with Gasteiger partial charge in [-0.3, -0.25) is 9.89 Å². The average Bonchev–Trinajstić information content (AvgIpc) is 2.77. The summed E-state index contributed by atoms with van der Waals surface area (Å²) >= 11 is 0. The van der Waals surface area contributed by atoms with Crippen LogP contribution in [0.5, 0.6) is 0 Å². The molecule has 0 bridgehead atoms. The minimum atomic E-state index is 0.0106. The van der Waals surface area contributed by atoms with Crippen molar-refractivity contribution in [3.05, 3.63) is 12.2 Å². The zero-order valence-corrected chi connectivity index (χ0v) is 9.81. The second-order valence-corrected chi connectivity index (χ2v) is 3.96. The Morgan fingerprint density at radius 1 is 1.69 bits per heavy atom. The van der Waals surface area contributed by atoms with Crippen LogP contribution in [0.2, 0.25) is 0 Å². The van der Waals surface area contributed by atoms with E-state index in [1.165, 1.54) is 6.33 Å². The highest BCUT2D eigenvalue weighted by Crippen LogP contribution is 2.09. The van der Waals surface area contributed by atoms with Crippen LogP contribution in [0.4, 0.5) is 0 Å². The fourth-order valence-corrected chi connectivity index (χ4v) is 1.53. The highest BCUT2D eigenvalue weighted by Gasteiger charge is 2.17. The van der Waals surface area contributed by atoms with E-state index in [0.29, 0.717) is 18.9 Å². The molecule has 3 N–H and O–H groups in total. The molecule has 0 saturated heterocycles. The van der Waals surface area contributed by atoms with E-state index in [9.17, 15) is 4.79 Å². The molecule has 16 heavy (non-hydrogen) atoms. The minimum Gasteiger partial charge on any atom is -0.338 e. The fourth-order valence-electron chi connectivity index (χ4n) is 1.53. The van der Waals surface area contributed by atoms with E-state index in [0.717, 1.165) is 12.8 Å². The predicted molar refractivity (Wildman–Crippen MR) is 60.3 cm³/mol. The van der Waals surface area contributed by atoms with Crippen molar-refractivity contribution in [2.45, 2.75) is 26.3 Å². The van der Waals surface area contributed by atoms with Gasteiger partial charge in [-0.05, 0) is 19.4 Å². The molecule has 1 atom stereocenters. The Morgan fingerprint density at radius 3 is 3.00 bits per heavy atom. The number of amides is 1. The fraction of sp³-hybridized carbons (Fsp3) is 0.700. The number of nitrogens with two attached hydrogens (primary N) is 1. The Kier molecular flexibility index (Phi) is 4.91. The Balaban J connectivity index is 2.41. The number of hydrogen-bond acceptors (Lipinski definition) is 4. The monoisotopic (exact) mass is 225 g/mol. The topological polar surface area (TPSA) is 87.9 Å². The van der Waals surface area contributed by atoms with E-state index < -0.39 is 0 Å². The van der Waals surface area contributed by atoms with Crippen LogP contribution in [0.1, 0.15) is 25.6 Å². The number of nitrogens with zero attached hydrogens (tertiary/aromatic N) is 3. The zero-order chi connectivity index (χ0) is 12.0. The van der Waals surface area contributed by atoms with Crippen molar-refractivity contribution in [2.75, 3.05) is 13.6 Å². The number of hydrogen-bond donors (Lipinski definition) is 2. The normalized spacial score (nSPS) is 12.4. The number of rotatable bonds is 6. The Bertz CT molecular complexity index is 311. The van der Waals surface area contributed by atoms with Gasteiger partial charge in [0.25, 0.3) is 0 Å². The van der Waals surface area contributed by atoms with Crippen molar-refractivity contribution in [2.24, 2.45) is 11.7 Å².